The first kappa shape index (κ1) is 15.0. The maximum Gasteiger partial charge on any atom is 0.313 e. The van der Waals surface area contributed by atoms with Gasteiger partial charge in [-0.05, 0) is 0 Å². The predicted octanol–water partition coefficient (Wildman–Crippen LogP) is 1.36. The average molecular weight is 270 g/mol. The van der Waals surface area contributed by atoms with Gasteiger partial charge in [-0.1, -0.05) is 0 Å². The van der Waals surface area contributed by atoms with E-state index < -0.39 is 11.9 Å². The summed E-state index contributed by atoms with van der Waals surface area (Å²) < 4.78 is 0. The zero-order valence-corrected chi connectivity index (χ0v) is 10.6. The van der Waals surface area contributed by atoms with Gasteiger partial charge >= 0.3 is 11.9 Å². The lowest BCUT2D eigenvalue weighted by Gasteiger charge is -2.00. The summed E-state index contributed by atoms with van der Waals surface area (Å²) in [5, 5.41) is 16.7. The zero-order chi connectivity index (χ0) is 11.5. The number of rotatable bonds is 10. The minimum absolute atomic E-state index is 0.161. The summed E-state index contributed by atoms with van der Waals surface area (Å²) in [7, 11) is 0. The van der Waals surface area contributed by atoms with Crippen LogP contribution in [0, 0.1) is 0 Å². The molecule has 7 heteroatoms. The van der Waals surface area contributed by atoms with E-state index in [1.165, 1.54) is 23.5 Å². The maximum absolute atomic E-state index is 10.2. The Hall–Kier alpha value is -0.0100. The largest absolute Gasteiger partial charge is 0.481 e. The van der Waals surface area contributed by atoms with Crippen LogP contribution in [-0.4, -0.2) is 56.7 Å². The van der Waals surface area contributed by atoms with Crippen molar-refractivity contribution >= 4 is 47.2 Å². The minimum atomic E-state index is -0.776. The van der Waals surface area contributed by atoms with Gasteiger partial charge in [0, 0.05) is 23.0 Å². The van der Waals surface area contributed by atoms with Crippen molar-refractivity contribution < 1.29 is 19.8 Å². The lowest BCUT2D eigenvalue weighted by molar-refractivity contribution is -0.134. The number of carboxylic acids is 2. The maximum atomic E-state index is 10.2. The predicted molar refractivity (Wildman–Crippen MR) is 67.2 cm³/mol. The van der Waals surface area contributed by atoms with E-state index >= 15 is 0 Å². The van der Waals surface area contributed by atoms with Gasteiger partial charge in [-0.2, -0.15) is 11.8 Å². The Kier molecular flexibility index (Phi) is 10.5. The van der Waals surface area contributed by atoms with Crippen molar-refractivity contribution in [3.05, 3.63) is 0 Å². The highest BCUT2D eigenvalue weighted by Gasteiger charge is 1.98. The van der Waals surface area contributed by atoms with E-state index in [1.54, 1.807) is 11.8 Å². The molecule has 0 fully saturated rings. The van der Waals surface area contributed by atoms with Crippen LogP contribution in [0.25, 0.3) is 0 Å². The molecule has 0 aromatic carbocycles. The lowest BCUT2D eigenvalue weighted by Crippen LogP contribution is -2.01. The Bertz CT molecular complexity index is 178. The summed E-state index contributed by atoms with van der Waals surface area (Å²) in [4.78, 5) is 20.3. The van der Waals surface area contributed by atoms with E-state index in [-0.39, 0.29) is 11.5 Å². The second kappa shape index (κ2) is 10.5. The topological polar surface area (TPSA) is 74.6 Å². The summed E-state index contributed by atoms with van der Waals surface area (Å²) in [6.07, 6.45) is 0. The molecule has 15 heavy (non-hydrogen) atoms. The first-order valence-corrected chi connectivity index (χ1v) is 7.76. The Morgan fingerprint density at radius 3 is 1.40 bits per heavy atom. The van der Waals surface area contributed by atoms with E-state index in [4.69, 9.17) is 10.2 Å². The van der Waals surface area contributed by atoms with Crippen LogP contribution in [-0.2, 0) is 9.59 Å². The van der Waals surface area contributed by atoms with Crippen molar-refractivity contribution in [3.8, 4) is 0 Å². The number of thioether (sulfide) groups is 3. The molecule has 0 heterocycles. The first-order valence-electron chi connectivity index (χ1n) is 4.29. The van der Waals surface area contributed by atoms with E-state index in [0.29, 0.717) is 0 Å². The lowest BCUT2D eigenvalue weighted by atomic mass is 10.8. The van der Waals surface area contributed by atoms with Gasteiger partial charge in [0.1, 0.15) is 0 Å². The second-order valence-corrected chi connectivity index (χ2v) is 5.94. The standard InChI is InChI=1S/C8H14O4S3/c9-7(10)5-14-3-1-13-2-4-15-6-8(11)12/h1-6H2,(H,9,10)(H,11,12). The number of hydrogen-bond donors (Lipinski definition) is 2. The van der Waals surface area contributed by atoms with E-state index in [1.807, 2.05) is 0 Å². The molecule has 88 valence electrons. The molecular formula is C8H14O4S3. The molecule has 0 bridgehead atoms. The van der Waals surface area contributed by atoms with Crippen LogP contribution in [0.4, 0.5) is 0 Å². The van der Waals surface area contributed by atoms with Crippen molar-refractivity contribution in [2.24, 2.45) is 0 Å². The van der Waals surface area contributed by atoms with Crippen molar-refractivity contribution in [3.63, 3.8) is 0 Å². The Morgan fingerprint density at radius 1 is 0.733 bits per heavy atom. The summed E-state index contributed by atoms with van der Waals surface area (Å²) >= 11 is 4.55. The van der Waals surface area contributed by atoms with Gasteiger partial charge in [0.15, 0.2) is 0 Å². The van der Waals surface area contributed by atoms with Crippen LogP contribution in [0.1, 0.15) is 0 Å². The number of carboxylic acid groups (broad SMARTS) is 2. The van der Waals surface area contributed by atoms with Crippen molar-refractivity contribution in [1.82, 2.24) is 0 Å². The molecule has 0 rings (SSSR count). The van der Waals surface area contributed by atoms with Crippen LogP contribution >= 0.6 is 35.3 Å². The second-order valence-electron chi connectivity index (χ2n) is 2.51. The number of carbonyl (C=O) groups is 2. The smallest absolute Gasteiger partial charge is 0.313 e. The molecule has 2 N–H and O–H groups in total. The minimum Gasteiger partial charge on any atom is -0.481 e. The molecule has 0 spiro atoms. The highest BCUT2D eigenvalue weighted by molar-refractivity contribution is 8.04. The summed E-state index contributed by atoms with van der Waals surface area (Å²) in [6.45, 7) is 0. The first-order chi connectivity index (χ1) is 7.13. The highest BCUT2D eigenvalue weighted by Crippen LogP contribution is 2.09. The van der Waals surface area contributed by atoms with Gasteiger partial charge in [-0.3, -0.25) is 9.59 Å². The normalized spacial score (nSPS) is 10.1. The molecule has 0 aliphatic heterocycles. The molecule has 0 saturated heterocycles. The molecule has 0 aromatic rings. The van der Waals surface area contributed by atoms with Crippen molar-refractivity contribution in [2.45, 2.75) is 0 Å². The summed E-state index contributed by atoms with van der Waals surface area (Å²) in [5.74, 6) is 2.28. The van der Waals surface area contributed by atoms with E-state index in [0.717, 1.165) is 23.0 Å². The molecule has 0 amide bonds. The van der Waals surface area contributed by atoms with Gasteiger partial charge in [0.25, 0.3) is 0 Å². The van der Waals surface area contributed by atoms with E-state index in [2.05, 4.69) is 0 Å². The third-order valence-corrected chi connectivity index (χ3v) is 4.59. The molecule has 0 aliphatic carbocycles. The Balaban J connectivity index is 2.99. The quantitative estimate of drug-likeness (QED) is 0.580. The molecule has 4 nitrogen and oxygen atoms in total. The van der Waals surface area contributed by atoms with Crippen LogP contribution in [0.3, 0.4) is 0 Å². The van der Waals surface area contributed by atoms with Gasteiger partial charge in [0.2, 0.25) is 0 Å². The fraction of sp³-hybridized carbons (Fsp3) is 0.750. The molecule has 0 atom stereocenters. The molecule has 0 radical (unpaired) electrons. The summed E-state index contributed by atoms with van der Waals surface area (Å²) in [5.41, 5.74) is 0. The van der Waals surface area contributed by atoms with Crippen LogP contribution in [0.15, 0.2) is 0 Å². The third-order valence-electron chi connectivity index (χ3n) is 1.20. The Labute approximate surface area is 102 Å². The third kappa shape index (κ3) is 14.0. The molecule has 0 aliphatic rings. The summed E-state index contributed by atoms with van der Waals surface area (Å²) in [6, 6.07) is 0. The SMILES string of the molecule is O=C(O)CSCCSCCSCC(=O)O. The average Bonchev–Trinajstić information content (AvgIpc) is 2.14. The molecular weight excluding hydrogens is 256 g/mol. The molecule has 0 unspecified atom stereocenters. The fourth-order valence-electron chi connectivity index (χ4n) is 0.657. The van der Waals surface area contributed by atoms with Crippen LogP contribution in [0.5, 0.6) is 0 Å². The van der Waals surface area contributed by atoms with E-state index in [9.17, 15) is 9.59 Å². The molecule has 0 aromatic heterocycles. The van der Waals surface area contributed by atoms with Crippen LogP contribution < -0.4 is 0 Å². The molecule has 0 saturated carbocycles. The monoisotopic (exact) mass is 270 g/mol. The fourth-order valence-corrected chi connectivity index (χ4v) is 3.38. The van der Waals surface area contributed by atoms with Crippen molar-refractivity contribution in [1.29, 1.82) is 0 Å². The highest BCUT2D eigenvalue weighted by atomic mass is 32.2. The van der Waals surface area contributed by atoms with Gasteiger partial charge in [-0.25, -0.2) is 0 Å². The van der Waals surface area contributed by atoms with Crippen LogP contribution in [0.2, 0.25) is 0 Å². The van der Waals surface area contributed by atoms with Gasteiger partial charge in [-0.15, -0.1) is 23.5 Å². The zero-order valence-electron chi connectivity index (χ0n) is 8.18. The Morgan fingerprint density at radius 2 is 1.07 bits per heavy atom. The number of hydrogen-bond acceptors (Lipinski definition) is 5. The van der Waals surface area contributed by atoms with Gasteiger partial charge < -0.3 is 10.2 Å². The van der Waals surface area contributed by atoms with Gasteiger partial charge in [0.05, 0.1) is 11.5 Å². The number of aliphatic carboxylic acids is 2. The van der Waals surface area contributed by atoms with Crippen molar-refractivity contribution in [2.75, 3.05) is 34.5 Å².